The number of hydrogen-bond donors (Lipinski definition) is 1. The van der Waals surface area contributed by atoms with E-state index >= 15 is 0 Å². The summed E-state index contributed by atoms with van der Waals surface area (Å²) in [6.45, 7) is 0.819. The Balaban J connectivity index is 1.83. The third-order valence-electron chi connectivity index (χ3n) is 3.01. The molecule has 0 unspecified atom stereocenters. The fourth-order valence-corrected chi connectivity index (χ4v) is 2.31. The molecule has 88 valence electrons. The molecule has 3 rings (SSSR count). The van der Waals surface area contributed by atoms with Gasteiger partial charge in [0.1, 0.15) is 5.76 Å². The summed E-state index contributed by atoms with van der Waals surface area (Å²) in [5.74, 6) is 1.02. The molecule has 0 atom stereocenters. The first-order valence-corrected chi connectivity index (χ1v) is 6.68. The second-order valence-corrected chi connectivity index (χ2v) is 5.34. The molecular formula is C14H14BrNO. The molecular weight excluding hydrogens is 278 g/mol. The van der Waals surface area contributed by atoms with E-state index in [1.54, 1.807) is 6.26 Å². The van der Waals surface area contributed by atoms with Gasteiger partial charge < -0.3 is 9.73 Å². The van der Waals surface area contributed by atoms with Crippen LogP contribution in [0.3, 0.4) is 0 Å². The van der Waals surface area contributed by atoms with Crippen molar-refractivity contribution < 1.29 is 4.42 Å². The minimum atomic E-state index is 0.704. The van der Waals surface area contributed by atoms with Crippen molar-refractivity contribution in [2.75, 3.05) is 0 Å². The van der Waals surface area contributed by atoms with Crippen LogP contribution in [0.2, 0.25) is 0 Å². The minimum absolute atomic E-state index is 0.704. The van der Waals surface area contributed by atoms with Gasteiger partial charge in [-0.15, -0.1) is 0 Å². The van der Waals surface area contributed by atoms with Gasteiger partial charge in [-0.05, 0) is 36.6 Å². The molecule has 0 spiro atoms. The van der Waals surface area contributed by atoms with Crippen molar-refractivity contribution in [1.82, 2.24) is 5.32 Å². The molecule has 1 fully saturated rings. The number of rotatable bonds is 4. The van der Waals surface area contributed by atoms with Gasteiger partial charge in [-0.1, -0.05) is 28.1 Å². The third-order valence-corrected chi connectivity index (χ3v) is 3.50. The molecule has 1 aliphatic rings. The number of nitrogens with one attached hydrogen (secondary N) is 1. The van der Waals surface area contributed by atoms with Crippen molar-refractivity contribution in [3.05, 3.63) is 46.8 Å². The lowest BCUT2D eigenvalue weighted by Crippen LogP contribution is -2.15. The fraction of sp³-hybridized carbons (Fsp3) is 0.286. The maximum Gasteiger partial charge on any atom is 0.125 e. The van der Waals surface area contributed by atoms with Crippen LogP contribution in [0.1, 0.15) is 18.6 Å². The molecule has 1 aliphatic carbocycles. The molecule has 2 aromatic rings. The van der Waals surface area contributed by atoms with Crippen molar-refractivity contribution in [2.24, 2.45) is 0 Å². The van der Waals surface area contributed by atoms with Crippen LogP contribution in [-0.2, 0) is 6.54 Å². The summed E-state index contributed by atoms with van der Waals surface area (Å²) in [4.78, 5) is 0. The maximum absolute atomic E-state index is 5.56. The molecule has 1 heterocycles. The number of benzene rings is 1. The Hall–Kier alpha value is -1.06. The van der Waals surface area contributed by atoms with Gasteiger partial charge in [0.2, 0.25) is 0 Å². The summed E-state index contributed by atoms with van der Waals surface area (Å²) in [6, 6.07) is 11.0. The van der Waals surface area contributed by atoms with E-state index in [1.807, 2.05) is 18.2 Å². The Bertz CT molecular complexity index is 516. The smallest absolute Gasteiger partial charge is 0.125 e. The lowest BCUT2D eigenvalue weighted by molar-refractivity contribution is 0.483. The average molecular weight is 292 g/mol. The second-order valence-electron chi connectivity index (χ2n) is 4.42. The van der Waals surface area contributed by atoms with Crippen molar-refractivity contribution in [2.45, 2.75) is 25.4 Å². The van der Waals surface area contributed by atoms with Gasteiger partial charge >= 0.3 is 0 Å². The molecule has 0 radical (unpaired) electrons. The maximum atomic E-state index is 5.56. The van der Waals surface area contributed by atoms with Gasteiger partial charge in [-0.25, -0.2) is 0 Å². The highest BCUT2D eigenvalue weighted by Crippen LogP contribution is 2.28. The van der Waals surface area contributed by atoms with Crippen LogP contribution in [0, 0.1) is 0 Å². The predicted octanol–water partition coefficient (Wildman–Crippen LogP) is 3.96. The summed E-state index contributed by atoms with van der Waals surface area (Å²) < 4.78 is 6.65. The Labute approximate surface area is 109 Å². The zero-order valence-electron chi connectivity index (χ0n) is 9.45. The molecule has 0 bridgehead atoms. The summed E-state index contributed by atoms with van der Waals surface area (Å²) in [6.07, 6.45) is 4.36. The van der Waals surface area contributed by atoms with Crippen LogP contribution in [-0.4, -0.2) is 6.04 Å². The molecule has 0 aliphatic heterocycles. The average Bonchev–Trinajstić information content (AvgIpc) is 3.04. The molecule has 1 aromatic carbocycles. The molecule has 1 saturated carbocycles. The van der Waals surface area contributed by atoms with Crippen LogP contribution in [0.5, 0.6) is 0 Å². The van der Waals surface area contributed by atoms with Crippen molar-refractivity contribution >= 4 is 15.9 Å². The normalized spacial score (nSPS) is 15.1. The number of halogens is 1. The fourth-order valence-electron chi connectivity index (χ4n) is 1.92. The topological polar surface area (TPSA) is 25.2 Å². The van der Waals surface area contributed by atoms with E-state index in [4.69, 9.17) is 4.42 Å². The zero-order chi connectivity index (χ0) is 11.7. The summed E-state index contributed by atoms with van der Waals surface area (Å²) in [5.41, 5.74) is 2.38. The van der Waals surface area contributed by atoms with Crippen LogP contribution in [0.25, 0.3) is 11.1 Å². The second kappa shape index (κ2) is 4.67. The van der Waals surface area contributed by atoms with E-state index in [2.05, 4.69) is 33.4 Å². The molecule has 3 heteroatoms. The first-order chi connectivity index (χ1) is 8.33. The van der Waals surface area contributed by atoms with Gasteiger partial charge in [0.15, 0.2) is 0 Å². The minimum Gasteiger partial charge on any atom is -0.467 e. The van der Waals surface area contributed by atoms with Gasteiger partial charge in [-0.2, -0.15) is 0 Å². The Morgan fingerprint density at radius 3 is 2.94 bits per heavy atom. The summed E-state index contributed by atoms with van der Waals surface area (Å²) in [5, 5.41) is 3.48. The zero-order valence-corrected chi connectivity index (χ0v) is 11.0. The highest BCUT2D eigenvalue weighted by molar-refractivity contribution is 9.10. The molecule has 1 N–H and O–H groups in total. The van der Waals surface area contributed by atoms with Crippen LogP contribution >= 0.6 is 15.9 Å². The predicted molar refractivity (Wildman–Crippen MR) is 71.7 cm³/mol. The largest absolute Gasteiger partial charge is 0.467 e. The number of furan rings is 1. The standard InChI is InChI=1S/C14H14BrNO/c15-11-3-1-2-10(8-11)13-6-7-17-14(13)9-16-12-4-5-12/h1-3,6-8,12,16H,4-5,9H2. The monoisotopic (exact) mass is 291 g/mol. The Morgan fingerprint density at radius 1 is 1.29 bits per heavy atom. The quantitative estimate of drug-likeness (QED) is 0.922. The van der Waals surface area contributed by atoms with Gasteiger partial charge in [-0.3, -0.25) is 0 Å². The SMILES string of the molecule is Brc1cccc(-c2ccoc2CNC2CC2)c1. The molecule has 1 aromatic heterocycles. The van der Waals surface area contributed by atoms with Gasteiger partial charge in [0, 0.05) is 16.1 Å². The van der Waals surface area contributed by atoms with E-state index < -0.39 is 0 Å². The molecule has 2 nitrogen and oxygen atoms in total. The molecule has 0 amide bonds. The molecule has 17 heavy (non-hydrogen) atoms. The highest BCUT2D eigenvalue weighted by Gasteiger charge is 2.21. The summed E-state index contributed by atoms with van der Waals surface area (Å²) in [7, 11) is 0. The Kier molecular flexibility index (Phi) is 3.04. The highest BCUT2D eigenvalue weighted by atomic mass is 79.9. The van der Waals surface area contributed by atoms with Gasteiger partial charge in [0.05, 0.1) is 12.8 Å². The van der Waals surface area contributed by atoms with Crippen LogP contribution in [0.15, 0.2) is 45.5 Å². The third kappa shape index (κ3) is 2.61. The van der Waals surface area contributed by atoms with Crippen molar-refractivity contribution in [3.8, 4) is 11.1 Å². The van der Waals surface area contributed by atoms with E-state index in [-0.39, 0.29) is 0 Å². The van der Waals surface area contributed by atoms with E-state index in [0.29, 0.717) is 6.04 Å². The molecule has 0 saturated heterocycles. The van der Waals surface area contributed by atoms with Crippen molar-refractivity contribution in [1.29, 1.82) is 0 Å². The van der Waals surface area contributed by atoms with E-state index in [9.17, 15) is 0 Å². The van der Waals surface area contributed by atoms with Crippen LogP contribution in [0.4, 0.5) is 0 Å². The lowest BCUT2D eigenvalue weighted by atomic mass is 10.1. The van der Waals surface area contributed by atoms with E-state index in [1.165, 1.54) is 24.0 Å². The van der Waals surface area contributed by atoms with Gasteiger partial charge in [0.25, 0.3) is 0 Å². The first kappa shape index (κ1) is 11.1. The Morgan fingerprint density at radius 2 is 2.18 bits per heavy atom. The summed E-state index contributed by atoms with van der Waals surface area (Å²) >= 11 is 3.50. The lowest BCUT2D eigenvalue weighted by Gasteiger charge is -2.04. The van der Waals surface area contributed by atoms with Crippen molar-refractivity contribution in [3.63, 3.8) is 0 Å². The van der Waals surface area contributed by atoms with E-state index in [0.717, 1.165) is 16.8 Å². The van der Waals surface area contributed by atoms with Crippen LogP contribution < -0.4 is 5.32 Å². The first-order valence-electron chi connectivity index (χ1n) is 5.88. The number of hydrogen-bond acceptors (Lipinski definition) is 2.